The molecule has 1 aromatic rings. The largest absolute Gasteiger partial charge is 0.376 e. The Balaban J connectivity index is 2.00. The summed E-state index contributed by atoms with van der Waals surface area (Å²) >= 11 is 6.08. The van der Waals surface area contributed by atoms with Gasteiger partial charge in [0.2, 0.25) is 0 Å². The highest BCUT2D eigenvalue weighted by Gasteiger charge is 2.16. The summed E-state index contributed by atoms with van der Waals surface area (Å²) in [6.45, 7) is 3.79. The molecule has 1 N–H and O–H groups in total. The molecule has 0 aliphatic carbocycles. The predicted molar refractivity (Wildman–Crippen MR) is 68.5 cm³/mol. The molecule has 2 heterocycles. The van der Waals surface area contributed by atoms with Crippen molar-refractivity contribution in [2.75, 3.05) is 18.5 Å². The summed E-state index contributed by atoms with van der Waals surface area (Å²) < 4.78 is 5.57. The van der Waals surface area contributed by atoms with Crippen molar-refractivity contribution in [2.24, 2.45) is 0 Å². The van der Waals surface area contributed by atoms with Gasteiger partial charge in [0.05, 0.1) is 6.10 Å². The van der Waals surface area contributed by atoms with Gasteiger partial charge in [-0.1, -0.05) is 24.9 Å². The van der Waals surface area contributed by atoms with Gasteiger partial charge in [-0.15, -0.1) is 0 Å². The molecule has 1 fully saturated rings. The average Bonchev–Trinajstić information content (AvgIpc) is 2.83. The molecule has 1 atom stereocenters. The molecule has 0 aromatic carbocycles. The number of hydrogen-bond donors (Lipinski definition) is 1. The first kappa shape index (κ1) is 12.6. The second-order valence-electron chi connectivity index (χ2n) is 4.26. The topological polar surface area (TPSA) is 47.0 Å². The molecule has 94 valence electrons. The molecular formula is C12H18ClN3O. The molecule has 1 aliphatic rings. The number of ether oxygens (including phenoxy) is 1. The van der Waals surface area contributed by atoms with Gasteiger partial charge in [0.25, 0.3) is 0 Å². The van der Waals surface area contributed by atoms with Crippen LogP contribution in [0.4, 0.5) is 5.82 Å². The first-order valence-electron chi connectivity index (χ1n) is 6.16. The van der Waals surface area contributed by atoms with Crippen molar-refractivity contribution >= 4 is 17.4 Å². The molecule has 1 aromatic heterocycles. The summed E-state index contributed by atoms with van der Waals surface area (Å²) in [7, 11) is 0. The van der Waals surface area contributed by atoms with Crippen molar-refractivity contribution in [1.82, 2.24) is 9.97 Å². The molecule has 5 heteroatoms. The SMILES string of the molecule is CCCc1c(Cl)ncnc1NCC1CCCO1. The Bertz CT molecular complexity index is 367. The summed E-state index contributed by atoms with van der Waals surface area (Å²) in [5.74, 6) is 0.849. The molecule has 1 saturated heterocycles. The van der Waals surface area contributed by atoms with Gasteiger partial charge in [0.1, 0.15) is 17.3 Å². The van der Waals surface area contributed by atoms with E-state index in [1.54, 1.807) is 0 Å². The van der Waals surface area contributed by atoms with E-state index in [0.29, 0.717) is 11.3 Å². The first-order chi connectivity index (χ1) is 8.31. The number of anilines is 1. The lowest BCUT2D eigenvalue weighted by Crippen LogP contribution is -2.20. The van der Waals surface area contributed by atoms with E-state index in [1.165, 1.54) is 6.33 Å². The second kappa shape index (κ2) is 6.17. The van der Waals surface area contributed by atoms with Crippen LogP contribution < -0.4 is 5.32 Å². The monoisotopic (exact) mass is 255 g/mol. The highest BCUT2D eigenvalue weighted by molar-refractivity contribution is 6.30. The fourth-order valence-corrected chi connectivity index (χ4v) is 2.26. The molecule has 0 amide bonds. The maximum absolute atomic E-state index is 6.08. The van der Waals surface area contributed by atoms with Crippen molar-refractivity contribution in [1.29, 1.82) is 0 Å². The Morgan fingerprint density at radius 2 is 2.41 bits per heavy atom. The van der Waals surface area contributed by atoms with E-state index in [0.717, 1.165) is 50.2 Å². The Morgan fingerprint density at radius 3 is 3.12 bits per heavy atom. The maximum atomic E-state index is 6.08. The van der Waals surface area contributed by atoms with Crippen molar-refractivity contribution in [3.05, 3.63) is 17.0 Å². The van der Waals surface area contributed by atoms with Crippen molar-refractivity contribution < 1.29 is 4.74 Å². The van der Waals surface area contributed by atoms with E-state index < -0.39 is 0 Å². The fraction of sp³-hybridized carbons (Fsp3) is 0.667. The molecule has 1 aliphatic heterocycles. The normalized spacial score (nSPS) is 19.5. The van der Waals surface area contributed by atoms with E-state index in [4.69, 9.17) is 16.3 Å². The number of aromatic nitrogens is 2. The summed E-state index contributed by atoms with van der Waals surface area (Å²) in [5.41, 5.74) is 1.01. The van der Waals surface area contributed by atoms with Crippen LogP contribution in [0.25, 0.3) is 0 Å². The Morgan fingerprint density at radius 1 is 1.53 bits per heavy atom. The minimum atomic E-state index is 0.304. The van der Waals surface area contributed by atoms with Gasteiger partial charge in [0.15, 0.2) is 0 Å². The van der Waals surface area contributed by atoms with Gasteiger partial charge in [-0.05, 0) is 19.3 Å². The van der Waals surface area contributed by atoms with E-state index in [-0.39, 0.29) is 0 Å². The highest BCUT2D eigenvalue weighted by atomic mass is 35.5. The lowest BCUT2D eigenvalue weighted by Gasteiger charge is -2.14. The zero-order valence-corrected chi connectivity index (χ0v) is 10.8. The number of halogens is 1. The van der Waals surface area contributed by atoms with Gasteiger partial charge in [-0.25, -0.2) is 9.97 Å². The van der Waals surface area contributed by atoms with Crippen LogP contribution in [0, 0.1) is 0 Å². The number of nitrogens with one attached hydrogen (secondary N) is 1. The highest BCUT2D eigenvalue weighted by Crippen LogP contribution is 2.22. The van der Waals surface area contributed by atoms with E-state index in [9.17, 15) is 0 Å². The minimum absolute atomic E-state index is 0.304. The quantitative estimate of drug-likeness (QED) is 0.822. The third-order valence-corrected chi connectivity index (χ3v) is 3.24. The zero-order chi connectivity index (χ0) is 12.1. The first-order valence-corrected chi connectivity index (χ1v) is 6.54. The molecule has 0 spiro atoms. The standard InChI is InChI=1S/C12H18ClN3O/c1-2-4-10-11(13)15-8-16-12(10)14-7-9-5-3-6-17-9/h8-9H,2-7H2,1H3,(H,14,15,16). The molecule has 0 radical (unpaired) electrons. The number of nitrogens with zero attached hydrogens (tertiary/aromatic N) is 2. The van der Waals surface area contributed by atoms with Crippen LogP contribution in [0.3, 0.4) is 0 Å². The lowest BCUT2D eigenvalue weighted by atomic mass is 10.2. The molecule has 1 unspecified atom stereocenters. The van der Waals surface area contributed by atoms with Crippen molar-refractivity contribution in [2.45, 2.75) is 38.7 Å². The molecule has 0 saturated carbocycles. The van der Waals surface area contributed by atoms with Gasteiger partial charge < -0.3 is 10.1 Å². The van der Waals surface area contributed by atoms with Gasteiger partial charge >= 0.3 is 0 Å². The minimum Gasteiger partial charge on any atom is -0.376 e. The predicted octanol–water partition coefficient (Wildman–Crippen LogP) is 2.67. The van der Waals surface area contributed by atoms with E-state index >= 15 is 0 Å². The van der Waals surface area contributed by atoms with E-state index in [2.05, 4.69) is 22.2 Å². The van der Waals surface area contributed by atoms with Crippen LogP contribution in [0.5, 0.6) is 0 Å². The summed E-state index contributed by atoms with van der Waals surface area (Å²) in [5, 5.41) is 3.87. The molecule has 4 nitrogen and oxygen atoms in total. The summed E-state index contributed by atoms with van der Waals surface area (Å²) in [4.78, 5) is 8.28. The molecule has 17 heavy (non-hydrogen) atoms. The molecular weight excluding hydrogens is 238 g/mol. The third-order valence-electron chi connectivity index (χ3n) is 2.91. The Hall–Kier alpha value is -0.870. The van der Waals surface area contributed by atoms with Crippen LogP contribution in [-0.2, 0) is 11.2 Å². The average molecular weight is 256 g/mol. The maximum Gasteiger partial charge on any atom is 0.137 e. The Labute approximate surface area is 107 Å². The van der Waals surface area contributed by atoms with Crippen LogP contribution in [0.2, 0.25) is 5.15 Å². The van der Waals surface area contributed by atoms with Crippen LogP contribution in [0.1, 0.15) is 31.7 Å². The van der Waals surface area contributed by atoms with Crippen LogP contribution in [0.15, 0.2) is 6.33 Å². The van der Waals surface area contributed by atoms with Gasteiger partial charge in [0, 0.05) is 18.7 Å². The van der Waals surface area contributed by atoms with Crippen LogP contribution >= 0.6 is 11.6 Å². The number of hydrogen-bond acceptors (Lipinski definition) is 4. The fourth-order valence-electron chi connectivity index (χ4n) is 2.03. The van der Waals surface area contributed by atoms with Crippen molar-refractivity contribution in [3.8, 4) is 0 Å². The Kier molecular flexibility index (Phi) is 4.57. The molecule has 2 rings (SSSR count). The van der Waals surface area contributed by atoms with E-state index in [1.807, 2.05) is 0 Å². The van der Waals surface area contributed by atoms with Crippen LogP contribution in [-0.4, -0.2) is 29.2 Å². The van der Waals surface area contributed by atoms with Gasteiger partial charge in [-0.3, -0.25) is 0 Å². The number of rotatable bonds is 5. The zero-order valence-electron chi connectivity index (χ0n) is 10.1. The second-order valence-corrected chi connectivity index (χ2v) is 4.62. The van der Waals surface area contributed by atoms with Gasteiger partial charge in [-0.2, -0.15) is 0 Å². The van der Waals surface area contributed by atoms with Crippen molar-refractivity contribution in [3.63, 3.8) is 0 Å². The third kappa shape index (κ3) is 3.30. The summed E-state index contributed by atoms with van der Waals surface area (Å²) in [6.07, 6.45) is 6.00. The summed E-state index contributed by atoms with van der Waals surface area (Å²) in [6, 6.07) is 0. The smallest absolute Gasteiger partial charge is 0.137 e. The lowest BCUT2D eigenvalue weighted by molar-refractivity contribution is 0.120. The molecule has 0 bridgehead atoms.